The molecule has 144 valence electrons. The molecule has 0 aromatic heterocycles. The Bertz CT molecular complexity index is 1240. The van der Waals surface area contributed by atoms with Crippen molar-refractivity contribution in [1.82, 2.24) is 0 Å². The minimum Gasteiger partial charge on any atom is -0.494 e. The Morgan fingerprint density at radius 1 is 0.655 bits per heavy atom. The third kappa shape index (κ3) is 3.41. The molecule has 0 fully saturated rings. The second-order valence-corrected chi connectivity index (χ2v) is 7.73. The standard InChI is InChI=1S/C27H25NO/c28-18-19-7-14-24(15-8-19)29-17-2-1-4-20-9-10-23-12-11-21-5-3-6-22-13-16-25(20)27(23)26(21)22/h3,5-16H,1-2,4,17-18,28H2. The molecule has 5 aromatic rings. The van der Waals surface area contributed by atoms with Crippen molar-refractivity contribution in [1.29, 1.82) is 0 Å². The van der Waals surface area contributed by atoms with Gasteiger partial charge < -0.3 is 10.5 Å². The summed E-state index contributed by atoms with van der Waals surface area (Å²) < 4.78 is 5.88. The molecule has 0 aliphatic rings. The Balaban J connectivity index is 1.30. The van der Waals surface area contributed by atoms with Crippen molar-refractivity contribution in [2.45, 2.75) is 25.8 Å². The molecule has 0 saturated carbocycles. The molecule has 0 aliphatic heterocycles. The summed E-state index contributed by atoms with van der Waals surface area (Å²) in [7, 11) is 0. The van der Waals surface area contributed by atoms with E-state index in [1.54, 1.807) is 0 Å². The van der Waals surface area contributed by atoms with Gasteiger partial charge in [0.05, 0.1) is 6.61 Å². The van der Waals surface area contributed by atoms with Gasteiger partial charge in [-0.1, -0.05) is 66.7 Å². The van der Waals surface area contributed by atoms with Gasteiger partial charge in [0.1, 0.15) is 5.75 Å². The van der Waals surface area contributed by atoms with Crippen LogP contribution in [0.5, 0.6) is 5.75 Å². The van der Waals surface area contributed by atoms with Crippen molar-refractivity contribution >= 4 is 32.3 Å². The number of rotatable bonds is 7. The summed E-state index contributed by atoms with van der Waals surface area (Å²) in [4.78, 5) is 0. The molecule has 0 aliphatic carbocycles. The third-order valence-corrected chi connectivity index (χ3v) is 5.89. The van der Waals surface area contributed by atoms with Crippen LogP contribution in [0.3, 0.4) is 0 Å². The van der Waals surface area contributed by atoms with E-state index in [0.29, 0.717) is 6.54 Å². The van der Waals surface area contributed by atoms with E-state index >= 15 is 0 Å². The van der Waals surface area contributed by atoms with Crippen molar-refractivity contribution in [3.63, 3.8) is 0 Å². The number of unbranched alkanes of at least 4 members (excludes halogenated alkanes) is 1. The van der Waals surface area contributed by atoms with Gasteiger partial charge in [-0.25, -0.2) is 0 Å². The van der Waals surface area contributed by atoms with Gasteiger partial charge in [0.15, 0.2) is 0 Å². The monoisotopic (exact) mass is 379 g/mol. The first-order valence-electron chi connectivity index (χ1n) is 10.4. The molecule has 0 bridgehead atoms. The quantitative estimate of drug-likeness (QED) is 0.261. The molecule has 0 saturated heterocycles. The average Bonchev–Trinajstić information content (AvgIpc) is 2.78. The van der Waals surface area contributed by atoms with Gasteiger partial charge in [0.25, 0.3) is 0 Å². The molecule has 0 heterocycles. The summed E-state index contributed by atoms with van der Waals surface area (Å²) in [5.41, 5.74) is 8.21. The molecule has 0 radical (unpaired) electrons. The van der Waals surface area contributed by atoms with E-state index in [2.05, 4.69) is 54.6 Å². The first kappa shape index (κ1) is 18.0. The van der Waals surface area contributed by atoms with E-state index in [1.807, 2.05) is 24.3 Å². The van der Waals surface area contributed by atoms with Crippen LogP contribution in [0.25, 0.3) is 32.3 Å². The maximum atomic E-state index is 5.88. The van der Waals surface area contributed by atoms with Crippen LogP contribution in [-0.2, 0) is 13.0 Å². The topological polar surface area (TPSA) is 35.2 Å². The summed E-state index contributed by atoms with van der Waals surface area (Å²) in [5.74, 6) is 0.921. The predicted molar refractivity (Wildman–Crippen MR) is 123 cm³/mol. The number of hydrogen-bond donors (Lipinski definition) is 1. The Morgan fingerprint density at radius 3 is 2.10 bits per heavy atom. The zero-order valence-electron chi connectivity index (χ0n) is 16.5. The van der Waals surface area contributed by atoms with Crippen LogP contribution in [0.15, 0.2) is 78.9 Å². The Labute approximate surface area is 171 Å². The summed E-state index contributed by atoms with van der Waals surface area (Å²) in [5, 5.41) is 8.18. The maximum absolute atomic E-state index is 5.88. The molecule has 0 spiro atoms. The Hall–Kier alpha value is -3.10. The Morgan fingerprint density at radius 2 is 1.34 bits per heavy atom. The molecular weight excluding hydrogens is 354 g/mol. The number of hydrogen-bond acceptors (Lipinski definition) is 2. The average molecular weight is 380 g/mol. The first-order chi connectivity index (χ1) is 14.3. The van der Waals surface area contributed by atoms with Gasteiger partial charge >= 0.3 is 0 Å². The van der Waals surface area contributed by atoms with Crippen LogP contribution < -0.4 is 10.5 Å². The zero-order chi connectivity index (χ0) is 19.6. The van der Waals surface area contributed by atoms with Crippen molar-refractivity contribution in [2.75, 3.05) is 6.61 Å². The fraction of sp³-hybridized carbons (Fsp3) is 0.185. The smallest absolute Gasteiger partial charge is 0.119 e. The molecule has 0 amide bonds. The van der Waals surface area contributed by atoms with Gasteiger partial charge in [-0.05, 0) is 74.8 Å². The highest BCUT2D eigenvalue weighted by Crippen LogP contribution is 2.36. The molecule has 5 aromatic carbocycles. The van der Waals surface area contributed by atoms with E-state index in [1.165, 1.54) is 37.9 Å². The molecule has 2 heteroatoms. The number of aryl methyl sites for hydroxylation is 1. The van der Waals surface area contributed by atoms with Crippen LogP contribution in [0.4, 0.5) is 0 Å². The minimum absolute atomic E-state index is 0.569. The van der Waals surface area contributed by atoms with Crippen molar-refractivity contribution in [3.05, 3.63) is 90.0 Å². The highest BCUT2D eigenvalue weighted by molar-refractivity contribution is 6.23. The molecule has 2 nitrogen and oxygen atoms in total. The Kier molecular flexibility index (Phi) is 4.79. The van der Waals surface area contributed by atoms with Crippen LogP contribution in [0, 0.1) is 0 Å². The summed E-state index contributed by atoms with van der Waals surface area (Å²) in [6.07, 6.45) is 3.23. The highest BCUT2D eigenvalue weighted by atomic mass is 16.5. The number of benzene rings is 5. The SMILES string of the molecule is NCc1ccc(OCCCCc2ccc3ccc4cccc5ccc2c3c45)cc1. The predicted octanol–water partition coefficient (Wildman–Crippen LogP) is 6.44. The normalized spacial score (nSPS) is 11.6. The molecule has 5 rings (SSSR count). The van der Waals surface area contributed by atoms with Gasteiger partial charge in [0.2, 0.25) is 0 Å². The molecule has 0 atom stereocenters. The van der Waals surface area contributed by atoms with Gasteiger partial charge in [-0.2, -0.15) is 0 Å². The van der Waals surface area contributed by atoms with E-state index in [9.17, 15) is 0 Å². The highest BCUT2D eigenvalue weighted by Gasteiger charge is 2.10. The molecule has 0 unspecified atom stereocenters. The molecule has 29 heavy (non-hydrogen) atoms. The second kappa shape index (κ2) is 7.73. The summed E-state index contributed by atoms with van der Waals surface area (Å²) >= 11 is 0. The summed E-state index contributed by atoms with van der Waals surface area (Å²) in [6.45, 7) is 1.31. The molecular formula is C27H25NO. The van der Waals surface area contributed by atoms with Crippen LogP contribution in [0.1, 0.15) is 24.0 Å². The van der Waals surface area contributed by atoms with Gasteiger partial charge in [-0.3, -0.25) is 0 Å². The van der Waals surface area contributed by atoms with E-state index in [-0.39, 0.29) is 0 Å². The lowest BCUT2D eigenvalue weighted by molar-refractivity contribution is 0.307. The van der Waals surface area contributed by atoms with E-state index in [4.69, 9.17) is 10.5 Å². The lowest BCUT2D eigenvalue weighted by Gasteiger charge is -2.14. The fourth-order valence-electron chi connectivity index (χ4n) is 4.34. The lowest BCUT2D eigenvalue weighted by atomic mass is 9.91. The van der Waals surface area contributed by atoms with Crippen LogP contribution in [0.2, 0.25) is 0 Å². The van der Waals surface area contributed by atoms with Crippen molar-refractivity contribution in [3.8, 4) is 5.75 Å². The molecule has 2 N–H and O–H groups in total. The van der Waals surface area contributed by atoms with Gasteiger partial charge in [-0.15, -0.1) is 0 Å². The zero-order valence-corrected chi connectivity index (χ0v) is 16.5. The van der Waals surface area contributed by atoms with Crippen molar-refractivity contribution < 1.29 is 4.74 Å². The van der Waals surface area contributed by atoms with E-state index in [0.717, 1.165) is 37.2 Å². The maximum Gasteiger partial charge on any atom is 0.119 e. The first-order valence-corrected chi connectivity index (χ1v) is 10.4. The van der Waals surface area contributed by atoms with Crippen LogP contribution in [-0.4, -0.2) is 6.61 Å². The number of nitrogens with two attached hydrogens (primary N) is 1. The lowest BCUT2D eigenvalue weighted by Crippen LogP contribution is -2.00. The third-order valence-electron chi connectivity index (χ3n) is 5.89. The summed E-state index contributed by atoms with van der Waals surface area (Å²) in [6, 6.07) is 28.3. The fourth-order valence-corrected chi connectivity index (χ4v) is 4.34. The largest absolute Gasteiger partial charge is 0.494 e. The van der Waals surface area contributed by atoms with Crippen LogP contribution >= 0.6 is 0 Å². The second-order valence-electron chi connectivity index (χ2n) is 7.73. The minimum atomic E-state index is 0.569. The van der Waals surface area contributed by atoms with Gasteiger partial charge in [0, 0.05) is 6.54 Å². The van der Waals surface area contributed by atoms with Crippen molar-refractivity contribution in [2.24, 2.45) is 5.73 Å². The number of ether oxygens (including phenoxy) is 1. The van der Waals surface area contributed by atoms with E-state index < -0.39 is 0 Å².